The summed E-state index contributed by atoms with van der Waals surface area (Å²) in [4.78, 5) is 24.8. The Bertz CT molecular complexity index is 1070. The Labute approximate surface area is 188 Å². The Balaban J connectivity index is 1.54. The molecule has 4 nitrogen and oxygen atoms in total. The minimum Gasteiger partial charge on any atom is -0.332 e. The standard InChI is InChI=1S/C26H26N2O2S/c1-26(2,3)21-13-11-20(12-14-21)24(30)28-25(31)27-22-15-9-18(10-16-22)17-23(29)19-7-5-4-6-8-19/h4-16H,17H2,1-3H3,(H2,27,28,30,31). The van der Waals surface area contributed by atoms with Crippen LogP contribution in [0, 0.1) is 0 Å². The number of carbonyl (C=O) groups excluding carboxylic acids is 2. The minimum absolute atomic E-state index is 0.0315. The van der Waals surface area contributed by atoms with Gasteiger partial charge in [0.2, 0.25) is 0 Å². The van der Waals surface area contributed by atoms with E-state index >= 15 is 0 Å². The molecule has 2 N–H and O–H groups in total. The summed E-state index contributed by atoms with van der Waals surface area (Å²) in [5.41, 5.74) is 4.09. The van der Waals surface area contributed by atoms with Gasteiger partial charge >= 0.3 is 0 Å². The van der Waals surface area contributed by atoms with Crippen molar-refractivity contribution in [2.24, 2.45) is 0 Å². The highest BCUT2D eigenvalue weighted by atomic mass is 32.1. The maximum Gasteiger partial charge on any atom is 0.257 e. The minimum atomic E-state index is -0.261. The van der Waals surface area contributed by atoms with Crippen LogP contribution >= 0.6 is 12.2 Å². The van der Waals surface area contributed by atoms with Crippen LogP contribution < -0.4 is 10.6 Å². The third-order valence-electron chi connectivity index (χ3n) is 4.91. The fourth-order valence-electron chi connectivity index (χ4n) is 3.08. The zero-order valence-electron chi connectivity index (χ0n) is 17.9. The average Bonchev–Trinajstić information content (AvgIpc) is 2.75. The van der Waals surface area contributed by atoms with Gasteiger partial charge in [-0.1, -0.05) is 75.4 Å². The van der Waals surface area contributed by atoms with Gasteiger partial charge in [0.05, 0.1) is 0 Å². The summed E-state index contributed by atoms with van der Waals surface area (Å²) < 4.78 is 0. The van der Waals surface area contributed by atoms with E-state index in [0.29, 0.717) is 17.5 Å². The summed E-state index contributed by atoms with van der Waals surface area (Å²) in [7, 11) is 0. The third kappa shape index (κ3) is 6.33. The number of amides is 1. The number of nitrogens with one attached hydrogen (secondary N) is 2. The van der Waals surface area contributed by atoms with Gasteiger partial charge in [-0.25, -0.2) is 0 Å². The highest BCUT2D eigenvalue weighted by Gasteiger charge is 2.15. The number of ketones is 1. The molecule has 0 radical (unpaired) electrons. The first-order chi connectivity index (χ1) is 14.7. The number of carbonyl (C=O) groups is 2. The van der Waals surface area contributed by atoms with Crippen molar-refractivity contribution in [3.8, 4) is 0 Å². The van der Waals surface area contributed by atoms with Gasteiger partial charge in [-0.2, -0.15) is 0 Å². The Morgan fingerprint density at radius 1 is 0.806 bits per heavy atom. The van der Waals surface area contributed by atoms with Crippen LogP contribution in [0.15, 0.2) is 78.9 Å². The Hall–Kier alpha value is -3.31. The van der Waals surface area contributed by atoms with Crippen LogP contribution in [0.25, 0.3) is 0 Å². The molecule has 0 aliphatic rings. The largest absolute Gasteiger partial charge is 0.332 e. The summed E-state index contributed by atoms with van der Waals surface area (Å²) >= 11 is 5.27. The molecular weight excluding hydrogens is 404 g/mol. The van der Waals surface area contributed by atoms with Gasteiger partial charge in [0, 0.05) is 23.2 Å². The molecule has 3 aromatic rings. The predicted molar refractivity (Wildman–Crippen MR) is 130 cm³/mol. The van der Waals surface area contributed by atoms with Crippen molar-refractivity contribution >= 4 is 34.7 Å². The van der Waals surface area contributed by atoms with E-state index < -0.39 is 0 Å². The molecule has 0 bridgehead atoms. The zero-order chi connectivity index (χ0) is 22.4. The molecule has 0 atom stereocenters. The van der Waals surface area contributed by atoms with Gasteiger partial charge in [-0.05, 0) is 53.0 Å². The molecular formula is C26H26N2O2S. The summed E-state index contributed by atoms with van der Waals surface area (Å²) in [5.74, 6) is -0.190. The number of benzene rings is 3. The second kappa shape index (κ2) is 9.67. The monoisotopic (exact) mass is 430 g/mol. The van der Waals surface area contributed by atoms with Gasteiger partial charge in [-0.3, -0.25) is 14.9 Å². The number of thiocarbonyl (C=S) groups is 1. The maximum absolute atomic E-state index is 12.4. The summed E-state index contributed by atoms with van der Waals surface area (Å²) in [6, 6.07) is 24.2. The van der Waals surface area contributed by atoms with Crippen LogP contribution in [0.5, 0.6) is 0 Å². The van der Waals surface area contributed by atoms with Gasteiger partial charge in [0.1, 0.15) is 0 Å². The number of rotatable bonds is 5. The Kier molecular flexibility index (Phi) is 6.98. The quantitative estimate of drug-likeness (QED) is 0.412. The van der Waals surface area contributed by atoms with Crippen molar-refractivity contribution in [1.82, 2.24) is 5.32 Å². The first-order valence-electron chi connectivity index (χ1n) is 10.1. The lowest BCUT2D eigenvalue weighted by Gasteiger charge is -2.19. The van der Waals surface area contributed by atoms with E-state index in [1.54, 1.807) is 12.1 Å². The van der Waals surface area contributed by atoms with Crippen LogP contribution in [0.2, 0.25) is 0 Å². The number of hydrogen-bond acceptors (Lipinski definition) is 3. The molecule has 0 fully saturated rings. The maximum atomic E-state index is 12.4. The van der Waals surface area contributed by atoms with Gasteiger partial charge < -0.3 is 5.32 Å². The first-order valence-corrected chi connectivity index (χ1v) is 10.5. The zero-order valence-corrected chi connectivity index (χ0v) is 18.8. The fourth-order valence-corrected chi connectivity index (χ4v) is 3.29. The molecule has 0 saturated carbocycles. The molecule has 158 valence electrons. The molecule has 0 aromatic heterocycles. The van der Waals surface area contributed by atoms with Crippen LogP contribution in [-0.4, -0.2) is 16.8 Å². The predicted octanol–water partition coefficient (Wildman–Crippen LogP) is 5.54. The first kappa shape index (κ1) is 22.4. The molecule has 0 aliphatic heterocycles. The van der Waals surface area contributed by atoms with E-state index in [1.807, 2.05) is 66.7 Å². The van der Waals surface area contributed by atoms with Gasteiger partial charge in [0.25, 0.3) is 5.91 Å². The number of anilines is 1. The Morgan fingerprint density at radius 2 is 1.42 bits per heavy atom. The van der Waals surface area contributed by atoms with Crippen LogP contribution in [-0.2, 0) is 11.8 Å². The third-order valence-corrected chi connectivity index (χ3v) is 5.12. The van der Waals surface area contributed by atoms with Gasteiger partial charge in [0.15, 0.2) is 10.9 Å². The van der Waals surface area contributed by atoms with Crippen molar-refractivity contribution in [3.63, 3.8) is 0 Å². The average molecular weight is 431 g/mol. The normalized spacial score (nSPS) is 10.9. The second-order valence-electron chi connectivity index (χ2n) is 8.40. The molecule has 5 heteroatoms. The molecule has 0 saturated heterocycles. The number of Topliss-reactive ketones (excluding diaryl/α,β-unsaturated/α-hetero) is 1. The molecule has 0 aliphatic carbocycles. The van der Waals surface area contributed by atoms with Crippen molar-refractivity contribution in [2.45, 2.75) is 32.6 Å². The SMILES string of the molecule is CC(C)(C)c1ccc(C(=O)NC(=S)Nc2ccc(CC(=O)c3ccccc3)cc2)cc1. The molecule has 0 heterocycles. The van der Waals surface area contributed by atoms with Crippen molar-refractivity contribution in [2.75, 3.05) is 5.32 Å². The van der Waals surface area contributed by atoms with E-state index in [2.05, 4.69) is 31.4 Å². The topological polar surface area (TPSA) is 58.2 Å². The fraction of sp³-hybridized carbons (Fsp3) is 0.192. The van der Waals surface area contributed by atoms with E-state index in [4.69, 9.17) is 12.2 Å². The lowest BCUT2D eigenvalue weighted by molar-refractivity contribution is 0.0974. The van der Waals surface area contributed by atoms with E-state index in [1.165, 1.54) is 0 Å². The van der Waals surface area contributed by atoms with Crippen LogP contribution in [0.3, 0.4) is 0 Å². The van der Waals surface area contributed by atoms with Crippen LogP contribution in [0.4, 0.5) is 5.69 Å². The molecule has 3 aromatic carbocycles. The van der Waals surface area contributed by atoms with Crippen molar-refractivity contribution in [1.29, 1.82) is 0 Å². The smallest absolute Gasteiger partial charge is 0.257 e. The molecule has 0 unspecified atom stereocenters. The second-order valence-corrected chi connectivity index (χ2v) is 8.81. The van der Waals surface area contributed by atoms with Crippen molar-refractivity contribution in [3.05, 3.63) is 101 Å². The lowest BCUT2D eigenvalue weighted by atomic mass is 9.87. The highest BCUT2D eigenvalue weighted by Crippen LogP contribution is 2.22. The lowest BCUT2D eigenvalue weighted by Crippen LogP contribution is -2.34. The molecule has 3 rings (SSSR count). The van der Waals surface area contributed by atoms with E-state index in [-0.39, 0.29) is 22.2 Å². The molecule has 1 amide bonds. The summed E-state index contributed by atoms with van der Waals surface area (Å²) in [5, 5.41) is 5.92. The Morgan fingerprint density at radius 3 is 2.00 bits per heavy atom. The molecule has 0 spiro atoms. The van der Waals surface area contributed by atoms with Crippen LogP contribution in [0.1, 0.15) is 52.6 Å². The van der Waals surface area contributed by atoms with Crippen molar-refractivity contribution < 1.29 is 9.59 Å². The summed E-state index contributed by atoms with van der Waals surface area (Å²) in [6.45, 7) is 6.39. The highest BCUT2D eigenvalue weighted by molar-refractivity contribution is 7.80. The van der Waals surface area contributed by atoms with E-state index in [0.717, 1.165) is 16.8 Å². The molecule has 31 heavy (non-hydrogen) atoms. The summed E-state index contributed by atoms with van der Waals surface area (Å²) in [6.07, 6.45) is 0.329. The van der Waals surface area contributed by atoms with E-state index in [9.17, 15) is 9.59 Å². The van der Waals surface area contributed by atoms with Gasteiger partial charge in [-0.15, -0.1) is 0 Å². The number of hydrogen-bond donors (Lipinski definition) is 2.